The van der Waals surface area contributed by atoms with Crippen LogP contribution in [-0.4, -0.2) is 50.1 Å². The van der Waals surface area contributed by atoms with Crippen LogP contribution in [0.15, 0.2) is 18.2 Å². The Morgan fingerprint density at radius 2 is 2.10 bits per heavy atom. The number of carbonyl (C=O) groups excluding carboxylic acids is 1. The minimum absolute atomic E-state index is 0.257. The average molecular weight is 287 g/mol. The van der Waals surface area contributed by atoms with Crippen molar-refractivity contribution in [1.82, 2.24) is 10.2 Å². The van der Waals surface area contributed by atoms with Gasteiger partial charge >= 0.3 is 0 Å². The van der Waals surface area contributed by atoms with Gasteiger partial charge in [-0.3, -0.25) is 9.69 Å². The van der Waals surface area contributed by atoms with E-state index in [2.05, 4.69) is 35.3 Å². The van der Waals surface area contributed by atoms with E-state index in [1.54, 1.807) is 0 Å². The van der Waals surface area contributed by atoms with Crippen LogP contribution in [0.2, 0.25) is 0 Å². The molecule has 3 rings (SSSR count). The van der Waals surface area contributed by atoms with Crippen LogP contribution in [0.1, 0.15) is 24.0 Å². The van der Waals surface area contributed by atoms with E-state index in [4.69, 9.17) is 0 Å². The zero-order valence-electron chi connectivity index (χ0n) is 12.9. The van der Waals surface area contributed by atoms with E-state index in [0.29, 0.717) is 6.54 Å². The summed E-state index contributed by atoms with van der Waals surface area (Å²) in [7, 11) is 0. The number of fused-ring (bicyclic) bond motifs is 1. The van der Waals surface area contributed by atoms with Crippen molar-refractivity contribution in [3.63, 3.8) is 0 Å². The fourth-order valence-corrected chi connectivity index (χ4v) is 3.43. The van der Waals surface area contributed by atoms with E-state index < -0.39 is 0 Å². The second-order valence-electron chi connectivity index (χ2n) is 6.11. The first-order valence-corrected chi connectivity index (χ1v) is 8.07. The standard InChI is InChI=1S/C17H25N3O/c1-14-5-2-6-15-7-3-11-20(17(14)15)16(21)13-19-10-4-8-18-9-12-19/h2,5-6,18H,3-4,7-13H2,1H3. The van der Waals surface area contributed by atoms with Crippen LogP contribution in [0.25, 0.3) is 0 Å². The highest BCUT2D eigenvalue weighted by atomic mass is 16.2. The normalized spacial score (nSPS) is 20.0. The molecule has 0 bridgehead atoms. The third-order valence-electron chi connectivity index (χ3n) is 4.51. The molecule has 4 nitrogen and oxygen atoms in total. The van der Waals surface area contributed by atoms with Crippen molar-refractivity contribution >= 4 is 11.6 Å². The maximum absolute atomic E-state index is 12.8. The summed E-state index contributed by atoms with van der Waals surface area (Å²) in [6, 6.07) is 6.38. The Kier molecular flexibility index (Phi) is 4.56. The van der Waals surface area contributed by atoms with Crippen molar-refractivity contribution in [2.24, 2.45) is 0 Å². The molecule has 4 heteroatoms. The first-order chi connectivity index (χ1) is 10.3. The molecular formula is C17H25N3O. The highest BCUT2D eigenvalue weighted by Crippen LogP contribution is 2.30. The van der Waals surface area contributed by atoms with Gasteiger partial charge in [0.1, 0.15) is 0 Å². The molecule has 1 N–H and O–H groups in total. The second kappa shape index (κ2) is 6.58. The highest BCUT2D eigenvalue weighted by molar-refractivity contribution is 5.96. The summed E-state index contributed by atoms with van der Waals surface area (Å²) in [5.41, 5.74) is 3.71. The van der Waals surface area contributed by atoms with Gasteiger partial charge in [0.25, 0.3) is 0 Å². The Hall–Kier alpha value is -1.39. The van der Waals surface area contributed by atoms with E-state index >= 15 is 0 Å². The van der Waals surface area contributed by atoms with Gasteiger partial charge in [0.05, 0.1) is 6.54 Å². The number of anilines is 1. The zero-order valence-corrected chi connectivity index (χ0v) is 12.9. The number of benzene rings is 1. The van der Waals surface area contributed by atoms with Crippen LogP contribution in [0.3, 0.4) is 0 Å². The first kappa shape index (κ1) is 14.5. The molecule has 114 valence electrons. The first-order valence-electron chi connectivity index (χ1n) is 8.07. The lowest BCUT2D eigenvalue weighted by Crippen LogP contribution is -2.44. The third-order valence-corrected chi connectivity index (χ3v) is 4.51. The van der Waals surface area contributed by atoms with Crippen LogP contribution in [-0.2, 0) is 11.2 Å². The summed E-state index contributed by atoms with van der Waals surface area (Å²) < 4.78 is 0. The number of nitrogens with one attached hydrogen (secondary N) is 1. The van der Waals surface area contributed by atoms with Crippen LogP contribution in [0.5, 0.6) is 0 Å². The Bertz CT molecular complexity index is 507. The summed E-state index contributed by atoms with van der Waals surface area (Å²) in [6.45, 7) is 7.57. The van der Waals surface area contributed by atoms with Crippen molar-refractivity contribution in [1.29, 1.82) is 0 Å². The fraction of sp³-hybridized carbons (Fsp3) is 0.588. The van der Waals surface area contributed by atoms with Crippen molar-refractivity contribution < 1.29 is 4.79 Å². The summed E-state index contributed by atoms with van der Waals surface area (Å²) in [6.07, 6.45) is 3.29. The molecule has 0 aliphatic carbocycles. The molecule has 2 aliphatic heterocycles. The van der Waals surface area contributed by atoms with E-state index in [9.17, 15) is 4.79 Å². The lowest BCUT2D eigenvalue weighted by molar-refractivity contribution is -0.119. The molecule has 0 atom stereocenters. The number of para-hydroxylation sites is 1. The van der Waals surface area contributed by atoms with Gasteiger partial charge in [-0.15, -0.1) is 0 Å². The Balaban J connectivity index is 1.74. The molecule has 0 unspecified atom stereocenters. The third kappa shape index (κ3) is 3.27. The molecule has 1 aromatic carbocycles. The zero-order chi connectivity index (χ0) is 14.7. The number of aryl methyl sites for hydroxylation is 2. The van der Waals surface area contributed by atoms with E-state index in [1.165, 1.54) is 16.8 Å². The predicted octanol–water partition coefficient (Wildman–Crippen LogP) is 1.57. The second-order valence-corrected chi connectivity index (χ2v) is 6.11. The Morgan fingerprint density at radius 3 is 3.00 bits per heavy atom. The Labute approximate surface area is 127 Å². The van der Waals surface area contributed by atoms with Crippen LogP contribution in [0, 0.1) is 6.92 Å². The highest BCUT2D eigenvalue weighted by Gasteiger charge is 2.25. The monoisotopic (exact) mass is 287 g/mol. The lowest BCUT2D eigenvalue weighted by atomic mass is 9.98. The number of nitrogens with zero attached hydrogens (tertiary/aromatic N) is 2. The van der Waals surface area contributed by atoms with Gasteiger partial charge in [0.15, 0.2) is 0 Å². The van der Waals surface area contributed by atoms with Crippen molar-refractivity contribution in [3.8, 4) is 0 Å². The lowest BCUT2D eigenvalue weighted by Gasteiger charge is -2.32. The molecule has 0 spiro atoms. The summed E-state index contributed by atoms with van der Waals surface area (Å²) in [5, 5.41) is 3.39. The minimum atomic E-state index is 0.257. The van der Waals surface area contributed by atoms with E-state index in [-0.39, 0.29) is 5.91 Å². The molecule has 0 saturated carbocycles. The molecule has 1 aromatic rings. The minimum Gasteiger partial charge on any atom is -0.315 e. The number of hydrogen-bond acceptors (Lipinski definition) is 3. The maximum atomic E-state index is 12.8. The summed E-state index contributed by atoms with van der Waals surface area (Å²) in [5.74, 6) is 0.257. The van der Waals surface area contributed by atoms with E-state index in [0.717, 1.165) is 52.0 Å². The van der Waals surface area contributed by atoms with Gasteiger partial charge in [0, 0.05) is 25.3 Å². The molecule has 2 aliphatic rings. The van der Waals surface area contributed by atoms with Crippen LogP contribution < -0.4 is 10.2 Å². The van der Waals surface area contributed by atoms with Crippen molar-refractivity contribution in [2.75, 3.05) is 44.2 Å². The van der Waals surface area contributed by atoms with Gasteiger partial charge in [-0.05, 0) is 50.4 Å². The molecule has 1 fully saturated rings. The molecule has 1 saturated heterocycles. The summed E-state index contributed by atoms with van der Waals surface area (Å²) in [4.78, 5) is 17.1. The number of carbonyl (C=O) groups is 1. The predicted molar refractivity (Wildman–Crippen MR) is 85.8 cm³/mol. The van der Waals surface area contributed by atoms with Crippen molar-refractivity contribution in [3.05, 3.63) is 29.3 Å². The van der Waals surface area contributed by atoms with Gasteiger partial charge in [-0.25, -0.2) is 0 Å². The number of hydrogen-bond donors (Lipinski definition) is 1. The molecule has 21 heavy (non-hydrogen) atoms. The molecule has 2 heterocycles. The molecule has 0 radical (unpaired) electrons. The topological polar surface area (TPSA) is 35.6 Å². The smallest absolute Gasteiger partial charge is 0.241 e. The quantitative estimate of drug-likeness (QED) is 0.897. The van der Waals surface area contributed by atoms with Gasteiger partial charge in [-0.2, -0.15) is 0 Å². The van der Waals surface area contributed by atoms with Crippen LogP contribution in [0.4, 0.5) is 5.69 Å². The van der Waals surface area contributed by atoms with Crippen molar-refractivity contribution in [2.45, 2.75) is 26.2 Å². The molecular weight excluding hydrogens is 262 g/mol. The average Bonchev–Trinajstić information content (AvgIpc) is 2.75. The van der Waals surface area contributed by atoms with E-state index in [1.807, 2.05) is 4.90 Å². The van der Waals surface area contributed by atoms with Gasteiger partial charge < -0.3 is 10.2 Å². The number of amides is 1. The molecule has 1 amide bonds. The van der Waals surface area contributed by atoms with Gasteiger partial charge in [-0.1, -0.05) is 18.2 Å². The van der Waals surface area contributed by atoms with Gasteiger partial charge in [0.2, 0.25) is 5.91 Å². The molecule has 0 aromatic heterocycles. The van der Waals surface area contributed by atoms with Crippen LogP contribution >= 0.6 is 0 Å². The maximum Gasteiger partial charge on any atom is 0.241 e. The SMILES string of the molecule is Cc1cccc2c1N(C(=O)CN1CCCNCC1)CCC2. The summed E-state index contributed by atoms with van der Waals surface area (Å²) >= 11 is 0. The fourth-order valence-electron chi connectivity index (χ4n) is 3.43. The largest absolute Gasteiger partial charge is 0.315 e. The Morgan fingerprint density at radius 1 is 1.19 bits per heavy atom. The number of rotatable bonds is 2.